The molecule has 2 saturated heterocycles. The molecule has 0 aliphatic carbocycles. The lowest BCUT2D eigenvalue weighted by atomic mass is 10.0. The van der Waals surface area contributed by atoms with Crippen LogP contribution >= 0.6 is 0 Å². The van der Waals surface area contributed by atoms with Gasteiger partial charge in [0.1, 0.15) is 18.0 Å². The maximum Gasteiger partial charge on any atom is 0.254 e. The second-order valence-electron chi connectivity index (χ2n) is 5.67. The van der Waals surface area contributed by atoms with Crippen LogP contribution in [-0.4, -0.2) is 48.8 Å². The highest BCUT2D eigenvalue weighted by Crippen LogP contribution is 2.31. The van der Waals surface area contributed by atoms with Crippen LogP contribution in [0.25, 0.3) is 0 Å². The lowest BCUT2D eigenvalue weighted by Crippen LogP contribution is -2.43. The average molecular weight is 305 g/mol. The number of carbonyl (C=O) groups is 1. The van der Waals surface area contributed by atoms with Crippen LogP contribution in [0.2, 0.25) is 0 Å². The summed E-state index contributed by atoms with van der Waals surface area (Å²) in [7, 11) is 0. The molecule has 0 N–H and O–H groups in total. The number of rotatable bonds is 4. The Labute approximate surface area is 129 Å². The van der Waals surface area contributed by atoms with Crippen LogP contribution in [0.1, 0.15) is 23.2 Å². The predicted octanol–water partition coefficient (Wildman–Crippen LogP) is 2.40. The van der Waals surface area contributed by atoms with Crippen molar-refractivity contribution in [3.63, 3.8) is 0 Å². The van der Waals surface area contributed by atoms with Gasteiger partial charge in [-0.1, -0.05) is 12.1 Å². The Bertz CT molecular complexity index is 563. The van der Waals surface area contributed by atoms with E-state index in [1.54, 1.807) is 23.1 Å². The number of carbonyl (C=O) groups excluding carboxylic acids is 1. The van der Waals surface area contributed by atoms with Gasteiger partial charge in [0, 0.05) is 12.2 Å². The molecule has 0 radical (unpaired) electrons. The van der Waals surface area contributed by atoms with E-state index in [1.807, 2.05) is 0 Å². The molecule has 0 aromatic heterocycles. The first-order chi connectivity index (χ1) is 10.7. The summed E-state index contributed by atoms with van der Waals surface area (Å²) in [4.78, 5) is 14.5. The number of halogens is 1. The largest absolute Gasteiger partial charge is 0.373 e. The van der Waals surface area contributed by atoms with Gasteiger partial charge in [0.05, 0.1) is 19.2 Å². The van der Waals surface area contributed by atoms with E-state index in [0.717, 1.165) is 12.8 Å². The van der Waals surface area contributed by atoms with Crippen molar-refractivity contribution in [3.05, 3.63) is 48.3 Å². The van der Waals surface area contributed by atoms with E-state index in [0.29, 0.717) is 25.3 Å². The van der Waals surface area contributed by atoms with Gasteiger partial charge in [-0.2, -0.15) is 0 Å². The molecule has 0 unspecified atom stereocenters. The number of hydrogen-bond acceptors (Lipinski definition) is 3. The van der Waals surface area contributed by atoms with Crippen molar-refractivity contribution in [2.45, 2.75) is 31.1 Å². The van der Waals surface area contributed by atoms with Crippen LogP contribution in [0.3, 0.4) is 0 Å². The zero-order valence-electron chi connectivity index (χ0n) is 12.4. The molecule has 2 aliphatic rings. The lowest BCUT2D eigenvalue weighted by molar-refractivity contribution is -0.0708. The summed E-state index contributed by atoms with van der Waals surface area (Å²) in [5.41, 5.74) is 0.369. The third kappa shape index (κ3) is 2.91. The molecule has 3 rings (SSSR count). The standard InChI is InChI=1S/C17H20FNO3/c1-2-8-21-15-11-19(14-7-4-9-22-16(14)15)17(20)12-5-3-6-13(18)10-12/h2-3,5-6,10,14-16H,1,4,7-9,11H2/t14-,15+,16+/m0/s1. The van der Waals surface area contributed by atoms with Gasteiger partial charge in [0.25, 0.3) is 5.91 Å². The third-order valence-corrected chi connectivity index (χ3v) is 4.24. The van der Waals surface area contributed by atoms with Crippen molar-refractivity contribution in [2.24, 2.45) is 0 Å². The van der Waals surface area contributed by atoms with E-state index >= 15 is 0 Å². The summed E-state index contributed by atoms with van der Waals surface area (Å²) in [5.74, 6) is -0.564. The summed E-state index contributed by atoms with van der Waals surface area (Å²) in [6.07, 6.45) is 3.24. The van der Waals surface area contributed by atoms with Gasteiger partial charge in [-0.05, 0) is 31.0 Å². The fraction of sp³-hybridized carbons (Fsp3) is 0.471. The van der Waals surface area contributed by atoms with E-state index in [1.165, 1.54) is 12.1 Å². The number of nitrogens with zero attached hydrogens (tertiary/aromatic N) is 1. The molecule has 2 fully saturated rings. The monoisotopic (exact) mass is 305 g/mol. The van der Waals surface area contributed by atoms with Gasteiger partial charge in [-0.15, -0.1) is 6.58 Å². The van der Waals surface area contributed by atoms with Crippen molar-refractivity contribution in [1.29, 1.82) is 0 Å². The molecule has 2 aliphatic heterocycles. The van der Waals surface area contributed by atoms with E-state index in [4.69, 9.17) is 9.47 Å². The van der Waals surface area contributed by atoms with Gasteiger partial charge in [0.2, 0.25) is 0 Å². The number of fused-ring (bicyclic) bond motifs is 1. The number of benzene rings is 1. The molecule has 4 nitrogen and oxygen atoms in total. The smallest absolute Gasteiger partial charge is 0.254 e. The predicted molar refractivity (Wildman–Crippen MR) is 80.1 cm³/mol. The number of amides is 1. The zero-order chi connectivity index (χ0) is 15.5. The van der Waals surface area contributed by atoms with Crippen molar-refractivity contribution < 1.29 is 18.7 Å². The van der Waals surface area contributed by atoms with Gasteiger partial charge in [0.15, 0.2) is 0 Å². The maximum atomic E-state index is 13.4. The fourth-order valence-electron chi connectivity index (χ4n) is 3.27. The van der Waals surface area contributed by atoms with Gasteiger partial charge < -0.3 is 14.4 Å². The Morgan fingerprint density at radius 2 is 2.41 bits per heavy atom. The molecular weight excluding hydrogens is 285 g/mol. The number of ether oxygens (including phenoxy) is 2. The van der Waals surface area contributed by atoms with Crippen molar-refractivity contribution in [2.75, 3.05) is 19.8 Å². The first-order valence-corrected chi connectivity index (χ1v) is 7.61. The number of hydrogen-bond donors (Lipinski definition) is 0. The highest BCUT2D eigenvalue weighted by atomic mass is 19.1. The van der Waals surface area contributed by atoms with Crippen molar-refractivity contribution >= 4 is 5.91 Å². The minimum Gasteiger partial charge on any atom is -0.373 e. The van der Waals surface area contributed by atoms with Gasteiger partial charge in [-0.25, -0.2) is 4.39 Å². The quantitative estimate of drug-likeness (QED) is 0.802. The summed E-state index contributed by atoms with van der Waals surface area (Å²) < 4.78 is 24.9. The van der Waals surface area contributed by atoms with Crippen LogP contribution in [0.15, 0.2) is 36.9 Å². The molecule has 0 saturated carbocycles. The molecule has 118 valence electrons. The van der Waals surface area contributed by atoms with Crippen molar-refractivity contribution in [1.82, 2.24) is 4.90 Å². The van der Waals surface area contributed by atoms with Gasteiger partial charge in [-0.3, -0.25) is 4.79 Å². The first-order valence-electron chi connectivity index (χ1n) is 7.61. The average Bonchev–Trinajstić information content (AvgIpc) is 2.91. The van der Waals surface area contributed by atoms with Crippen LogP contribution in [-0.2, 0) is 9.47 Å². The SMILES string of the molecule is C=CCO[C@@H]1CN(C(=O)c2cccc(F)c2)[C@H]2CCCO[C@@H]12. The minimum atomic E-state index is -0.402. The summed E-state index contributed by atoms with van der Waals surface area (Å²) in [5, 5.41) is 0. The second kappa shape index (κ2) is 6.58. The Morgan fingerprint density at radius 1 is 1.55 bits per heavy atom. The van der Waals surface area contributed by atoms with E-state index in [-0.39, 0.29) is 24.2 Å². The lowest BCUT2D eigenvalue weighted by Gasteiger charge is -2.32. The zero-order valence-corrected chi connectivity index (χ0v) is 12.4. The van der Waals surface area contributed by atoms with Crippen LogP contribution in [0, 0.1) is 5.82 Å². The molecule has 0 spiro atoms. The Morgan fingerprint density at radius 3 is 3.18 bits per heavy atom. The topological polar surface area (TPSA) is 38.8 Å². The molecule has 0 bridgehead atoms. The summed E-state index contributed by atoms with van der Waals surface area (Å²) >= 11 is 0. The normalized spacial score (nSPS) is 27.5. The molecule has 3 atom stereocenters. The molecule has 1 aromatic rings. The van der Waals surface area contributed by atoms with Crippen molar-refractivity contribution in [3.8, 4) is 0 Å². The Kier molecular flexibility index (Phi) is 4.55. The highest BCUT2D eigenvalue weighted by Gasteiger charge is 2.46. The van der Waals surface area contributed by atoms with Crippen LogP contribution < -0.4 is 0 Å². The maximum absolute atomic E-state index is 13.4. The molecule has 22 heavy (non-hydrogen) atoms. The van der Waals surface area contributed by atoms with E-state index in [2.05, 4.69) is 6.58 Å². The molecule has 1 amide bonds. The Hall–Kier alpha value is -1.72. The fourth-order valence-corrected chi connectivity index (χ4v) is 3.27. The second-order valence-corrected chi connectivity index (χ2v) is 5.67. The van der Waals surface area contributed by atoms with E-state index in [9.17, 15) is 9.18 Å². The summed E-state index contributed by atoms with van der Waals surface area (Å²) in [6.45, 7) is 5.24. The molecule has 1 aromatic carbocycles. The van der Waals surface area contributed by atoms with Crippen LogP contribution in [0.4, 0.5) is 4.39 Å². The molecule has 5 heteroatoms. The van der Waals surface area contributed by atoms with Gasteiger partial charge >= 0.3 is 0 Å². The Balaban J connectivity index is 1.80. The first kappa shape index (κ1) is 15.2. The molecular formula is C17H20FNO3. The third-order valence-electron chi connectivity index (χ3n) is 4.24. The summed E-state index contributed by atoms with van der Waals surface area (Å²) in [6, 6.07) is 5.81. The molecule has 2 heterocycles. The minimum absolute atomic E-state index is 0.000618. The number of likely N-dealkylation sites (tertiary alicyclic amines) is 1. The highest BCUT2D eigenvalue weighted by molar-refractivity contribution is 5.94. The van der Waals surface area contributed by atoms with Crippen LogP contribution in [0.5, 0.6) is 0 Å². The van der Waals surface area contributed by atoms with E-state index < -0.39 is 5.82 Å².